The van der Waals surface area contributed by atoms with E-state index in [0.717, 1.165) is 11.3 Å². The lowest BCUT2D eigenvalue weighted by Crippen LogP contribution is -2.14. The number of hydrogen-bond acceptors (Lipinski definition) is 2. The van der Waals surface area contributed by atoms with Gasteiger partial charge in [0.2, 0.25) is 6.54 Å². The fraction of sp³-hybridized carbons (Fsp3) is 0.167. The summed E-state index contributed by atoms with van der Waals surface area (Å²) in [7, 11) is 0. The zero-order chi connectivity index (χ0) is 13.1. The molecule has 2 rings (SSSR count). The summed E-state index contributed by atoms with van der Waals surface area (Å²) in [6.45, 7) is -0.196. The Bertz CT molecular complexity index is 555. The van der Waals surface area contributed by atoms with E-state index in [-0.39, 0.29) is 17.4 Å². The van der Waals surface area contributed by atoms with E-state index in [1.807, 2.05) is 6.07 Å². The number of nitrogens with one attached hydrogen (secondary N) is 1. The van der Waals surface area contributed by atoms with Gasteiger partial charge in [0.1, 0.15) is 0 Å². The van der Waals surface area contributed by atoms with Gasteiger partial charge in [0.15, 0.2) is 0 Å². The maximum atomic E-state index is 10.8. The van der Waals surface area contributed by atoms with E-state index in [2.05, 4.69) is 4.98 Å². The van der Waals surface area contributed by atoms with E-state index < -0.39 is 0 Å². The summed E-state index contributed by atoms with van der Waals surface area (Å²) < 4.78 is 0. The molecule has 0 spiro atoms. The SMILES string of the molecule is O=[N+]([O-])C[C@H](c1ccc(Cl)c(Cl)c1)c1ccc[nH]1. The van der Waals surface area contributed by atoms with Gasteiger partial charge in [0, 0.05) is 16.8 Å². The Morgan fingerprint density at radius 1 is 1.28 bits per heavy atom. The molecule has 0 aliphatic heterocycles. The zero-order valence-corrected chi connectivity index (χ0v) is 10.8. The molecule has 0 aliphatic rings. The van der Waals surface area contributed by atoms with Crippen molar-refractivity contribution in [2.24, 2.45) is 0 Å². The summed E-state index contributed by atoms with van der Waals surface area (Å²) in [5, 5.41) is 11.6. The average Bonchev–Trinajstić information content (AvgIpc) is 2.83. The molecule has 1 atom stereocenters. The van der Waals surface area contributed by atoms with Crippen molar-refractivity contribution in [3.8, 4) is 0 Å². The van der Waals surface area contributed by atoms with E-state index in [1.165, 1.54) is 0 Å². The van der Waals surface area contributed by atoms with Gasteiger partial charge in [-0.25, -0.2) is 0 Å². The molecule has 0 amide bonds. The van der Waals surface area contributed by atoms with Gasteiger partial charge in [0.05, 0.1) is 16.0 Å². The number of nitro groups is 1. The number of H-pyrrole nitrogens is 1. The Labute approximate surface area is 114 Å². The standard InChI is InChI=1S/C12H10Cl2N2O2/c13-10-4-3-8(6-11(10)14)9(7-16(17)18)12-2-1-5-15-12/h1-6,9,15H,7H2/t9-/m1/s1. The summed E-state index contributed by atoms with van der Waals surface area (Å²) >= 11 is 11.8. The second kappa shape index (κ2) is 5.42. The molecule has 0 fully saturated rings. The van der Waals surface area contributed by atoms with Gasteiger partial charge in [-0.2, -0.15) is 0 Å². The van der Waals surface area contributed by atoms with Crippen molar-refractivity contribution in [3.63, 3.8) is 0 Å². The third-order valence-corrected chi connectivity index (χ3v) is 3.41. The molecule has 0 unspecified atom stereocenters. The van der Waals surface area contributed by atoms with Crippen LogP contribution in [0.1, 0.15) is 17.2 Å². The molecule has 94 valence electrons. The van der Waals surface area contributed by atoms with Gasteiger partial charge in [-0.05, 0) is 29.8 Å². The van der Waals surface area contributed by atoms with Crippen molar-refractivity contribution < 1.29 is 4.92 Å². The van der Waals surface area contributed by atoms with Crippen LogP contribution in [-0.4, -0.2) is 16.5 Å². The Morgan fingerprint density at radius 3 is 2.61 bits per heavy atom. The molecule has 0 radical (unpaired) electrons. The Morgan fingerprint density at radius 2 is 2.06 bits per heavy atom. The maximum absolute atomic E-state index is 10.8. The third kappa shape index (κ3) is 2.83. The monoisotopic (exact) mass is 284 g/mol. The summed E-state index contributed by atoms with van der Waals surface area (Å²) in [5.41, 5.74) is 1.55. The molecule has 2 aromatic rings. The first-order valence-electron chi connectivity index (χ1n) is 5.28. The molecule has 0 saturated heterocycles. The fourth-order valence-electron chi connectivity index (χ4n) is 1.82. The molecular formula is C12H10Cl2N2O2. The lowest BCUT2D eigenvalue weighted by Gasteiger charge is -2.12. The first kappa shape index (κ1) is 12.9. The van der Waals surface area contributed by atoms with Crippen LogP contribution in [0, 0.1) is 10.1 Å². The van der Waals surface area contributed by atoms with Crippen LogP contribution < -0.4 is 0 Å². The van der Waals surface area contributed by atoms with Crippen LogP contribution >= 0.6 is 23.2 Å². The molecule has 1 N–H and O–H groups in total. The van der Waals surface area contributed by atoms with Gasteiger partial charge < -0.3 is 4.98 Å². The summed E-state index contributed by atoms with van der Waals surface area (Å²) in [5.74, 6) is -0.357. The fourth-order valence-corrected chi connectivity index (χ4v) is 2.13. The minimum absolute atomic E-state index is 0.196. The number of rotatable bonds is 4. The van der Waals surface area contributed by atoms with Crippen molar-refractivity contribution >= 4 is 23.2 Å². The largest absolute Gasteiger partial charge is 0.364 e. The maximum Gasteiger partial charge on any atom is 0.216 e. The highest BCUT2D eigenvalue weighted by molar-refractivity contribution is 6.42. The van der Waals surface area contributed by atoms with Crippen molar-refractivity contribution in [1.82, 2.24) is 4.98 Å². The Balaban J connectivity index is 2.39. The molecule has 1 aromatic heterocycles. The van der Waals surface area contributed by atoms with Crippen LogP contribution in [0.2, 0.25) is 10.0 Å². The highest BCUT2D eigenvalue weighted by Crippen LogP contribution is 2.29. The topological polar surface area (TPSA) is 58.9 Å². The number of benzene rings is 1. The molecule has 6 heteroatoms. The predicted octanol–water partition coefficient (Wildman–Crippen LogP) is 3.73. The highest BCUT2D eigenvalue weighted by atomic mass is 35.5. The normalized spacial score (nSPS) is 12.3. The van der Waals surface area contributed by atoms with Crippen LogP contribution in [0.5, 0.6) is 0 Å². The van der Waals surface area contributed by atoms with Crippen LogP contribution in [-0.2, 0) is 0 Å². The minimum Gasteiger partial charge on any atom is -0.364 e. The Hall–Kier alpha value is -1.52. The number of nitrogens with zero attached hydrogens (tertiary/aromatic N) is 1. The van der Waals surface area contributed by atoms with Crippen molar-refractivity contribution in [2.75, 3.05) is 6.54 Å². The van der Waals surface area contributed by atoms with E-state index >= 15 is 0 Å². The van der Waals surface area contributed by atoms with Gasteiger partial charge in [-0.3, -0.25) is 10.1 Å². The highest BCUT2D eigenvalue weighted by Gasteiger charge is 2.21. The smallest absolute Gasteiger partial charge is 0.216 e. The van der Waals surface area contributed by atoms with Crippen molar-refractivity contribution in [1.29, 1.82) is 0 Å². The van der Waals surface area contributed by atoms with E-state index in [9.17, 15) is 10.1 Å². The second-order valence-corrected chi connectivity index (χ2v) is 4.68. The zero-order valence-electron chi connectivity index (χ0n) is 9.27. The van der Waals surface area contributed by atoms with E-state index in [0.29, 0.717) is 10.0 Å². The summed E-state index contributed by atoms with van der Waals surface area (Å²) in [6, 6.07) is 8.69. The number of aromatic amines is 1. The third-order valence-electron chi connectivity index (χ3n) is 2.68. The number of hydrogen-bond donors (Lipinski definition) is 1. The molecule has 1 aromatic carbocycles. The lowest BCUT2D eigenvalue weighted by molar-refractivity contribution is -0.481. The Kier molecular flexibility index (Phi) is 3.89. The average molecular weight is 285 g/mol. The predicted molar refractivity (Wildman–Crippen MR) is 71.0 cm³/mol. The molecule has 4 nitrogen and oxygen atoms in total. The number of halogens is 2. The van der Waals surface area contributed by atoms with Crippen molar-refractivity contribution in [2.45, 2.75) is 5.92 Å². The van der Waals surface area contributed by atoms with Gasteiger partial charge in [-0.15, -0.1) is 0 Å². The van der Waals surface area contributed by atoms with E-state index in [1.54, 1.807) is 30.5 Å². The minimum atomic E-state index is -0.357. The van der Waals surface area contributed by atoms with Crippen LogP contribution in [0.4, 0.5) is 0 Å². The number of aromatic nitrogens is 1. The lowest BCUT2D eigenvalue weighted by atomic mass is 9.96. The first-order valence-corrected chi connectivity index (χ1v) is 6.03. The molecular weight excluding hydrogens is 275 g/mol. The van der Waals surface area contributed by atoms with Crippen LogP contribution in [0.25, 0.3) is 0 Å². The quantitative estimate of drug-likeness (QED) is 0.687. The molecule has 0 saturated carbocycles. The summed E-state index contributed by atoms with van der Waals surface area (Å²) in [4.78, 5) is 13.4. The second-order valence-electron chi connectivity index (χ2n) is 3.87. The van der Waals surface area contributed by atoms with Gasteiger partial charge in [-0.1, -0.05) is 29.3 Å². The van der Waals surface area contributed by atoms with Crippen LogP contribution in [0.15, 0.2) is 36.5 Å². The summed E-state index contributed by atoms with van der Waals surface area (Å²) in [6.07, 6.45) is 1.74. The van der Waals surface area contributed by atoms with Gasteiger partial charge in [0.25, 0.3) is 0 Å². The molecule has 0 bridgehead atoms. The first-order chi connectivity index (χ1) is 8.58. The molecule has 0 aliphatic carbocycles. The molecule has 18 heavy (non-hydrogen) atoms. The van der Waals surface area contributed by atoms with E-state index in [4.69, 9.17) is 23.2 Å². The van der Waals surface area contributed by atoms with Gasteiger partial charge >= 0.3 is 0 Å². The van der Waals surface area contributed by atoms with Crippen molar-refractivity contribution in [3.05, 3.63) is 67.9 Å². The van der Waals surface area contributed by atoms with Crippen LogP contribution in [0.3, 0.4) is 0 Å². The molecule has 1 heterocycles.